The lowest BCUT2D eigenvalue weighted by Gasteiger charge is -2.32. The first-order chi connectivity index (χ1) is 8.55. The first kappa shape index (κ1) is 11.6. The minimum absolute atomic E-state index is 0.155. The second kappa shape index (κ2) is 4.05. The van der Waals surface area contributed by atoms with Crippen LogP contribution in [0.4, 0.5) is 14.7 Å². The van der Waals surface area contributed by atoms with Crippen LogP contribution in [0.5, 0.6) is 0 Å². The SMILES string of the molecule is FC1(F)CCN(c2nc(Cl)cc3nccn23)CC1. The summed E-state index contributed by atoms with van der Waals surface area (Å²) < 4.78 is 28.0. The van der Waals surface area contributed by atoms with Crippen molar-refractivity contribution in [3.05, 3.63) is 23.6 Å². The largest absolute Gasteiger partial charge is 0.341 e. The summed E-state index contributed by atoms with van der Waals surface area (Å²) in [7, 11) is 0. The third-order valence-corrected chi connectivity index (χ3v) is 3.31. The molecule has 0 radical (unpaired) electrons. The maximum Gasteiger partial charge on any atom is 0.251 e. The summed E-state index contributed by atoms with van der Waals surface area (Å²) in [6, 6.07) is 1.64. The molecule has 0 N–H and O–H groups in total. The summed E-state index contributed by atoms with van der Waals surface area (Å²) in [4.78, 5) is 10.2. The van der Waals surface area contributed by atoms with Gasteiger partial charge < -0.3 is 4.90 Å². The number of nitrogens with zero attached hydrogens (tertiary/aromatic N) is 4. The summed E-state index contributed by atoms with van der Waals surface area (Å²) >= 11 is 5.92. The molecule has 0 aliphatic carbocycles. The van der Waals surface area contributed by atoms with Crippen LogP contribution in [0.1, 0.15) is 12.8 Å². The van der Waals surface area contributed by atoms with Gasteiger partial charge in [-0.25, -0.2) is 18.7 Å². The fourth-order valence-electron chi connectivity index (χ4n) is 2.14. The minimum atomic E-state index is -2.57. The maximum atomic E-state index is 13.1. The van der Waals surface area contributed by atoms with Crippen molar-refractivity contribution in [3.8, 4) is 0 Å². The number of hydrogen-bond donors (Lipinski definition) is 0. The van der Waals surface area contributed by atoms with E-state index in [1.165, 1.54) is 0 Å². The molecule has 0 unspecified atom stereocenters. The van der Waals surface area contributed by atoms with Crippen molar-refractivity contribution in [2.45, 2.75) is 18.8 Å². The van der Waals surface area contributed by atoms with Gasteiger partial charge in [0.05, 0.1) is 0 Å². The Morgan fingerprint density at radius 1 is 1.28 bits per heavy atom. The molecule has 0 saturated carbocycles. The smallest absolute Gasteiger partial charge is 0.251 e. The highest BCUT2D eigenvalue weighted by atomic mass is 35.5. The predicted molar refractivity (Wildman–Crippen MR) is 64.4 cm³/mol. The molecule has 1 aliphatic heterocycles. The molecule has 0 spiro atoms. The number of hydrogen-bond acceptors (Lipinski definition) is 3. The quantitative estimate of drug-likeness (QED) is 0.748. The number of halogens is 3. The Hall–Kier alpha value is -1.43. The first-order valence-electron chi connectivity index (χ1n) is 5.68. The van der Waals surface area contributed by atoms with Crippen LogP contribution < -0.4 is 4.90 Å². The molecule has 2 aromatic heterocycles. The van der Waals surface area contributed by atoms with E-state index < -0.39 is 5.92 Å². The lowest BCUT2D eigenvalue weighted by molar-refractivity contribution is -0.0222. The van der Waals surface area contributed by atoms with Gasteiger partial charge in [-0.2, -0.15) is 0 Å². The molecule has 1 saturated heterocycles. The summed E-state index contributed by atoms with van der Waals surface area (Å²) in [5, 5.41) is 0.320. The number of anilines is 1. The van der Waals surface area contributed by atoms with Gasteiger partial charge in [0.25, 0.3) is 5.92 Å². The molecule has 3 heterocycles. The number of piperidine rings is 1. The van der Waals surface area contributed by atoms with E-state index in [9.17, 15) is 8.78 Å². The van der Waals surface area contributed by atoms with Crippen LogP contribution in [-0.2, 0) is 0 Å². The van der Waals surface area contributed by atoms with Gasteiger partial charge in [0, 0.05) is 44.4 Å². The molecule has 3 rings (SSSR count). The van der Waals surface area contributed by atoms with Crippen molar-refractivity contribution in [2.24, 2.45) is 0 Å². The van der Waals surface area contributed by atoms with E-state index in [0.717, 1.165) is 0 Å². The van der Waals surface area contributed by atoms with Crippen LogP contribution in [0, 0.1) is 0 Å². The van der Waals surface area contributed by atoms with Crippen molar-refractivity contribution in [2.75, 3.05) is 18.0 Å². The zero-order valence-electron chi connectivity index (χ0n) is 9.48. The molecule has 0 amide bonds. The van der Waals surface area contributed by atoms with E-state index >= 15 is 0 Å². The third-order valence-electron chi connectivity index (χ3n) is 3.12. The van der Waals surface area contributed by atoms with E-state index in [-0.39, 0.29) is 25.9 Å². The van der Waals surface area contributed by atoms with Crippen LogP contribution in [-0.4, -0.2) is 33.4 Å². The summed E-state index contributed by atoms with van der Waals surface area (Å²) in [5.74, 6) is -1.99. The van der Waals surface area contributed by atoms with E-state index in [1.54, 1.807) is 22.9 Å². The second-order valence-corrected chi connectivity index (χ2v) is 4.76. The zero-order chi connectivity index (χ0) is 12.8. The van der Waals surface area contributed by atoms with Crippen molar-refractivity contribution >= 4 is 23.2 Å². The van der Waals surface area contributed by atoms with Crippen LogP contribution in [0.2, 0.25) is 5.15 Å². The topological polar surface area (TPSA) is 33.4 Å². The Morgan fingerprint density at radius 3 is 2.72 bits per heavy atom. The lowest BCUT2D eigenvalue weighted by atomic mass is 10.1. The number of alkyl halides is 2. The monoisotopic (exact) mass is 272 g/mol. The summed E-state index contributed by atoms with van der Waals surface area (Å²) in [6.07, 6.45) is 3.07. The molecule has 0 atom stereocenters. The Balaban J connectivity index is 1.97. The van der Waals surface area contributed by atoms with Crippen molar-refractivity contribution < 1.29 is 8.78 Å². The molecular formula is C11H11ClF2N4. The van der Waals surface area contributed by atoms with Gasteiger partial charge in [-0.1, -0.05) is 11.6 Å². The maximum absolute atomic E-state index is 13.1. The molecular weight excluding hydrogens is 262 g/mol. The van der Waals surface area contributed by atoms with Gasteiger partial charge in [-0.15, -0.1) is 0 Å². The average Bonchev–Trinajstić information content (AvgIpc) is 2.76. The molecule has 0 aromatic carbocycles. The Labute approximate surface area is 107 Å². The van der Waals surface area contributed by atoms with Crippen LogP contribution >= 0.6 is 11.6 Å². The Bertz CT molecular complexity index is 573. The average molecular weight is 273 g/mol. The highest BCUT2D eigenvalue weighted by Gasteiger charge is 2.35. The van der Waals surface area contributed by atoms with Crippen LogP contribution in [0.25, 0.3) is 5.65 Å². The molecule has 1 fully saturated rings. The zero-order valence-corrected chi connectivity index (χ0v) is 10.2. The fourth-order valence-corrected chi connectivity index (χ4v) is 2.31. The summed E-state index contributed by atoms with van der Waals surface area (Å²) in [5.41, 5.74) is 0.669. The molecule has 7 heteroatoms. The first-order valence-corrected chi connectivity index (χ1v) is 6.05. The molecule has 96 valence electrons. The Morgan fingerprint density at radius 2 is 2.00 bits per heavy atom. The van der Waals surface area contributed by atoms with E-state index in [1.807, 2.05) is 4.90 Å². The molecule has 2 aromatic rings. The highest BCUT2D eigenvalue weighted by molar-refractivity contribution is 6.29. The van der Waals surface area contributed by atoms with Gasteiger partial charge in [0.1, 0.15) is 10.8 Å². The third kappa shape index (κ3) is 2.01. The molecule has 1 aliphatic rings. The lowest BCUT2D eigenvalue weighted by Crippen LogP contribution is -2.40. The number of fused-ring (bicyclic) bond motifs is 1. The van der Waals surface area contributed by atoms with Gasteiger partial charge in [0.2, 0.25) is 5.95 Å². The van der Waals surface area contributed by atoms with Crippen molar-refractivity contribution in [3.63, 3.8) is 0 Å². The van der Waals surface area contributed by atoms with E-state index in [2.05, 4.69) is 9.97 Å². The van der Waals surface area contributed by atoms with Crippen LogP contribution in [0.3, 0.4) is 0 Å². The van der Waals surface area contributed by atoms with Crippen molar-refractivity contribution in [1.82, 2.24) is 14.4 Å². The normalized spacial score (nSPS) is 19.4. The molecule has 4 nitrogen and oxygen atoms in total. The van der Waals surface area contributed by atoms with E-state index in [0.29, 0.717) is 16.7 Å². The number of aromatic nitrogens is 3. The molecule has 0 bridgehead atoms. The number of imidazole rings is 1. The molecule has 18 heavy (non-hydrogen) atoms. The summed E-state index contributed by atoms with van der Waals surface area (Å²) in [6.45, 7) is 0.543. The standard InChI is InChI=1S/C11H11ClF2N4/c12-8-7-9-15-3-6-18(9)10(16-8)17-4-1-11(13,14)2-5-17/h3,6-7H,1-2,4-5H2. The van der Waals surface area contributed by atoms with Crippen LogP contribution in [0.15, 0.2) is 18.5 Å². The second-order valence-electron chi connectivity index (χ2n) is 4.38. The van der Waals surface area contributed by atoms with Gasteiger partial charge in [-0.3, -0.25) is 4.40 Å². The van der Waals surface area contributed by atoms with Gasteiger partial charge >= 0.3 is 0 Å². The van der Waals surface area contributed by atoms with E-state index in [4.69, 9.17) is 11.6 Å². The van der Waals surface area contributed by atoms with Gasteiger partial charge in [0.15, 0.2) is 0 Å². The Kier molecular flexibility index (Phi) is 2.62. The minimum Gasteiger partial charge on any atom is -0.341 e. The van der Waals surface area contributed by atoms with Crippen molar-refractivity contribution in [1.29, 1.82) is 0 Å². The number of rotatable bonds is 1. The highest BCUT2D eigenvalue weighted by Crippen LogP contribution is 2.30. The fraction of sp³-hybridized carbons (Fsp3) is 0.455. The van der Waals surface area contributed by atoms with Gasteiger partial charge in [-0.05, 0) is 0 Å². The predicted octanol–water partition coefficient (Wildman–Crippen LogP) is 2.62.